The summed E-state index contributed by atoms with van der Waals surface area (Å²) in [5.74, 6) is -0.216. The molecule has 0 aromatic carbocycles. The van der Waals surface area contributed by atoms with E-state index < -0.39 is 17.1 Å². The average Bonchev–Trinajstić information content (AvgIpc) is 2.08. The van der Waals surface area contributed by atoms with Crippen LogP contribution in [0.4, 0.5) is 0 Å². The molecule has 70 valence electrons. The van der Waals surface area contributed by atoms with Crippen molar-refractivity contribution < 1.29 is 13.6 Å². The third kappa shape index (κ3) is 2.38. The van der Waals surface area contributed by atoms with Crippen LogP contribution in [-0.2, 0) is 15.9 Å². The number of Topliss-reactive ketones (excluding diaryl/α,β-unsaturated/α-hetero) is 1. The SMILES string of the molecule is [N-]=[N+]=NC1C=C(S(=O)O)CCC1=O. The first kappa shape index (κ1) is 9.91. The third-order valence-electron chi connectivity index (χ3n) is 1.69. The molecule has 0 saturated heterocycles. The van der Waals surface area contributed by atoms with E-state index in [1.165, 1.54) is 6.08 Å². The van der Waals surface area contributed by atoms with Gasteiger partial charge in [-0.2, -0.15) is 0 Å². The quantitative estimate of drug-likeness (QED) is 0.313. The maximum atomic E-state index is 11.1. The van der Waals surface area contributed by atoms with E-state index in [2.05, 4.69) is 10.0 Å². The Bertz CT molecular complexity index is 332. The molecule has 0 bridgehead atoms. The second-order valence-corrected chi connectivity index (χ2v) is 3.52. The summed E-state index contributed by atoms with van der Waals surface area (Å²) >= 11 is -2.07. The second-order valence-electron chi connectivity index (χ2n) is 2.50. The van der Waals surface area contributed by atoms with Crippen molar-refractivity contribution in [3.05, 3.63) is 21.4 Å². The van der Waals surface area contributed by atoms with E-state index in [0.29, 0.717) is 0 Å². The van der Waals surface area contributed by atoms with Crippen molar-refractivity contribution in [3.63, 3.8) is 0 Å². The van der Waals surface area contributed by atoms with E-state index in [1.807, 2.05) is 0 Å². The lowest BCUT2D eigenvalue weighted by Gasteiger charge is -2.13. The van der Waals surface area contributed by atoms with Crippen LogP contribution in [-0.4, -0.2) is 20.6 Å². The van der Waals surface area contributed by atoms with Crippen molar-refractivity contribution in [1.82, 2.24) is 0 Å². The molecule has 0 heterocycles. The highest BCUT2D eigenvalue weighted by atomic mass is 32.2. The Morgan fingerprint density at radius 1 is 1.69 bits per heavy atom. The van der Waals surface area contributed by atoms with Crippen LogP contribution in [0.2, 0.25) is 0 Å². The minimum absolute atomic E-state index is 0.155. The molecule has 2 atom stereocenters. The summed E-state index contributed by atoms with van der Waals surface area (Å²) < 4.78 is 19.3. The Kier molecular flexibility index (Phi) is 3.18. The summed E-state index contributed by atoms with van der Waals surface area (Å²) in [7, 11) is 0. The molecule has 0 fully saturated rings. The number of nitrogens with zero attached hydrogens (tertiary/aromatic N) is 3. The monoisotopic (exact) mass is 201 g/mol. The molecule has 1 rings (SSSR count). The number of hydrogen-bond donors (Lipinski definition) is 1. The summed E-state index contributed by atoms with van der Waals surface area (Å²) in [6.07, 6.45) is 1.67. The molecule has 2 unspecified atom stereocenters. The molecule has 7 heteroatoms. The largest absolute Gasteiger partial charge is 0.302 e. The molecule has 0 radical (unpaired) electrons. The molecular formula is C6H7N3O3S. The van der Waals surface area contributed by atoms with Gasteiger partial charge in [0.15, 0.2) is 11.1 Å². The van der Waals surface area contributed by atoms with Gasteiger partial charge in [-0.05, 0) is 12.0 Å². The van der Waals surface area contributed by atoms with E-state index in [1.54, 1.807) is 0 Å². The van der Waals surface area contributed by atoms with Crippen molar-refractivity contribution in [2.24, 2.45) is 5.11 Å². The zero-order valence-corrected chi connectivity index (χ0v) is 7.40. The lowest BCUT2D eigenvalue weighted by Crippen LogP contribution is -2.21. The lowest BCUT2D eigenvalue weighted by molar-refractivity contribution is -0.119. The summed E-state index contributed by atoms with van der Waals surface area (Å²) in [6.45, 7) is 0. The van der Waals surface area contributed by atoms with Crippen molar-refractivity contribution in [1.29, 1.82) is 0 Å². The smallest absolute Gasteiger partial charge is 0.181 e. The fourth-order valence-electron chi connectivity index (χ4n) is 1.05. The third-order valence-corrected chi connectivity index (χ3v) is 2.48. The fourth-order valence-corrected chi connectivity index (χ4v) is 1.57. The molecule has 1 N–H and O–H groups in total. The Labute approximate surface area is 76.5 Å². The van der Waals surface area contributed by atoms with Gasteiger partial charge < -0.3 is 4.55 Å². The molecule has 0 aliphatic heterocycles. The van der Waals surface area contributed by atoms with Crippen LogP contribution in [0.25, 0.3) is 10.4 Å². The highest BCUT2D eigenvalue weighted by Gasteiger charge is 2.22. The van der Waals surface area contributed by atoms with E-state index in [0.717, 1.165) is 0 Å². The molecule has 1 aliphatic carbocycles. The van der Waals surface area contributed by atoms with Gasteiger partial charge in [0.2, 0.25) is 0 Å². The number of azide groups is 1. The van der Waals surface area contributed by atoms with E-state index in [4.69, 9.17) is 10.1 Å². The predicted octanol–water partition coefficient (Wildman–Crippen LogP) is 1.13. The molecule has 13 heavy (non-hydrogen) atoms. The number of rotatable bonds is 2. The first-order valence-corrected chi connectivity index (χ1v) is 4.64. The Morgan fingerprint density at radius 2 is 2.38 bits per heavy atom. The van der Waals surface area contributed by atoms with Crippen molar-refractivity contribution >= 4 is 16.9 Å². The molecule has 0 amide bonds. The van der Waals surface area contributed by atoms with Crippen LogP contribution < -0.4 is 0 Å². The minimum Gasteiger partial charge on any atom is -0.302 e. The Hall–Kier alpha value is -1.17. The first-order valence-electron chi connectivity index (χ1n) is 3.53. The van der Waals surface area contributed by atoms with Crippen LogP contribution in [0.1, 0.15) is 12.8 Å². The van der Waals surface area contributed by atoms with Crippen LogP contribution in [0, 0.1) is 0 Å². The van der Waals surface area contributed by atoms with Crippen LogP contribution in [0.15, 0.2) is 16.1 Å². The maximum absolute atomic E-state index is 11.1. The normalized spacial score (nSPS) is 24.5. The molecule has 6 nitrogen and oxygen atoms in total. The van der Waals surface area contributed by atoms with Gasteiger partial charge in [0, 0.05) is 16.2 Å². The van der Waals surface area contributed by atoms with Crippen LogP contribution in [0.3, 0.4) is 0 Å². The number of carbonyl (C=O) groups excluding carboxylic acids is 1. The van der Waals surface area contributed by atoms with Gasteiger partial charge in [-0.15, -0.1) is 0 Å². The number of allylic oxidation sites excluding steroid dienone is 1. The number of ketones is 1. The summed E-state index contributed by atoms with van der Waals surface area (Å²) in [5, 5.41) is 3.21. The molecule has 0 saturated carbocycles. The van der Waals surface area contributed by atoms with E-state index in [-0.39, 0.29) is 23.5 Å². The summed E-state index contributed by atoms with van der Waals surface area (Å²) in [6, 6.07) is -0.912. The van der Waals surface area contributed by atoms with Crippen LogP contribution >= 0.6 is 0 Å². The molecular weight excluding hydrogens is 194 g/mol. The van der Waals surface area contributed by atoms with Gasteiger partial charge in [-0.3, -0.25) is 4.79 Å². The van der Waals surface area contributed by atoms with Gasteiger partial charge in [-0.25, -0.2) is 4.21 Å². The minimum atomic E-state index is -2.07. The van der Waals surface area contributed by atoms with Crippen LogP contribution in [0.5, 0.6) is 0 Å². The van der Waals surface area contributed by atoms with Crippen molar-refractivity contribution in [3.8, 4) is 0 Å². The average molecular weight is 201 g/mol. The van der Waals surface area contributed by atoms with Crippen molar-refractivity contribution in [2.75, 3.05) is 0 Å². The molecule has 0 spiro atoms. The zero-order chi connectivity index (χ0) is 9.84. The summed E-state index contributed by atoms with van der Waals surface area (Å²) in [5.41, 5.74) is 8.10. The van der Waals surface area contributed by atoms with Crippen molar-refractivity contribution in [2.45, 2.75) is 18.9 Å². The first-order chi connectivity index (χ1) is 6.15. The van der Waals surface area contributed by atoms with Gasteiger partial charge in [0.1, 0.15) is 11.8 Å². The lowest BCUT2D eigenvalue weighted by atomic mass is 10.0. The van der Waals surface area contributed by atoms with Gasteiger partial charge >= 0.3 is 0 Å². The Balaban J connectivity index is 2.93. The highest BCUT2D eigenvalue weighted by Crippen LogP contribution is 2.19. The predicted molar refractivity (Wildman–Crippen MR) is 46.0 cm³/mol. The Morgan fingerprint density at radius 3 is 2.92 bits per heavy atom. The molecule has 1 aliphatic rings. The molecule has 0 aromatic heterocycles. The highest BCUT2D eigenvalue weighted by molar-refractivity contribution is 7.83. The standard InChI is InChI=1S/C6H7N3O3S/c7-9-8-5-3-4(13(11)12)1-2-6(5)10/h3,5H,1-2H2,(H,11,12). The number of carbonyl (C=O) groups is 1. The summed E-state index contributed by atoms with van der Waals surface area (Å²) in [4.78, 5) is 13.8. The second kappa shape index (κ2) is 4.18. The van der Waals surface area contributed by atoms with Gasteiger partial charge in [0.05, 0.1) is 0 Å². The number of hydrogen-bond acceptors (Lipinski definition) is 3. The topological polar surface area (TPSA) is 103 Å². The zero-order valence-electron chi connectivity index (χ0n) is 6.58. The van der Waals surface area contributed by atoms with E-state index >= 15 is 0 Å². The fraction of sp³-hybridized carbons (Fsp3) is 0.500. The molecule has 0 aromatic rings. The van der Waals surface area contributed by atoms with E-state index in [9.17, 15) is 9.00 Å². The van der Waals surface area contributed by atoms with Gasteiger partial charge in [0.25, 0.3) is 0 Å². The maximum Gasteiger partial charge on any atom is 0.181 e. The van der Waals surface area contributed by atoms with Gasteiger partial charge in [-0.1, -0.05) is 11.2 Å².